The van der Waals surface area contributed by atoms with E-state index in [9.17, 15) is 9.18 Å². The van der Waals surface area contributed by atoms with Gasteiger partial charge < -0.3 is 10.5 Å². The molecule has 3 nitrogen and oxygen atoms in total. The average Bonchev–Trinajstić information content (AvgIpc) is 2.32. The third kappa shape index (κ3) is 3.31. The van der Waals surface area contributed by atoms with Crippen LogP contribution in [0.3, 0.4) is 0 Å². The number of nitrogen functional groups attached to an aromatic ring is 1. The highest BCUT2D eigenvalue weighted by Gasteiger charge is 2.06. The summed E-state index contributed by atoms with van der Waals surface area (Å²) < 4.78 is 17.9. The molecule has 0 unspecified atom stereocenters. The van der Waals surface area contributed by atoms with Crippen molar-refractivity contribution in [3.8, 4) is 5.75 Å². The number of halogens is 1. The Morgan fingerprint density at radius 1 is 1.17 bits per heavy atom. The molecule has 92 valence electrons. The van der Waals surface area contributed by atoms with Crippen molar-refractivity contribution in [1.82, 2.24) is 0 Å². The molecule has 0 saturated heterocycles. The van der Waals surface area contributed by atoms with E-state index < -0.39 is 11.8 Å². The Kier molecular flexibility index (Phi) is 3.57. The van der Waals surface area contributed by atoms with Crippen molar-refractivity contribution in [2.24, 2.45) is 0 Å². The number of rotatable bonds is 3. The van der Waals surface area contributed by atoms with Crippen LogP contribution >= 0.6 is 0 Å². The Balaban J connectivity index is 1.98. The fourth-order valence-corrected chi connectivity index (χ4v) is 1.50. The van der Waals surface area contributed by atoms with Crippen molar-refractivity contribution >= 4 is 11.7 Å². The highest BCUT2D eigenvalue weighted by atomic mass is 19.1. The summed E-state index contributed by atoms with van der Waals surface area (Å²) >= 11 is 0. The summed E-state index contributed by atoms with van der Waals surface area (Å²) in [5, 5.41) is 0. The van der Waals surface area contributed by atoms with Gasteiger partial charge in [-0.05, 0) is 29.8 Å². The predicted octanol–water partition coefficient (Wildman–Crippen LogP) is 2.56. The van der Waals surface area contributed by atoms with Crippen LogP contribution < -0.4 is 10.5 Å². The summed E-state index contributed by atoms with van der Waals surface area (Å²) in [5.74, 6) is -0.673. The first-order valence-electron chi connectivity index (χ1n) is 5.44. The maximum absolute atomic E-state index is 12.9. The van der Waals surface area contributed by atoms with E-state index in [1.54, 1.807) is 24.3 Å². The van der Waals surface area contributed by atoms with Gasteiger partial charge in [0.25, 0.3) is 0 Å². The van der Waals surface area contributed by atoms with Gasteiger partial charge in [0.1, 0.15) is 11.6 Å². The second-order valence-electron chi connectivity index (χ2n) is 3.85. The zero-order chi connectivity index (χ0) is 13.0. The van der Waals surface area contributed by atoms with Crippen LogP contribution in [0.5, 0.6) is 5.75 Å². The van der Waals surface area contributed by atoms with E-state index in [1.165, 1.54) is 24.3 Å². The summed E-state index contributed by atoms with van der Waals surface area (Å²) in [4.78, 5) is 11.6. The Bertz CT molecular complexity index is 552. The molecule has 0 aliphatic rings. The molecule has 0 amide bonds. The quantitative estimate of drug-likeness (QED) is 0.513. The number of anilines is 1. The minimum Gasteiger partial charge on any atom is -0.426 e. The van der Waals surface area contributed by atoms with Gasteiger partial charge >= 0.3 is 5.97 Å². The molecule has 0 aromatic heterocycles. The van der Waals surface area contributed by atoms with Crippen LogP contribution in [0, 0.1) is 5.82 Å². The van der Waals surface area contributed by atoms with E-state index in [-0.39, 0.29) is 12.2 Å². The van der Waals surface area contributed by atoms with E-state index in [4.69, 9.17) is 10.5 Å². The molecule has 0 bridgehead atoms. The first kappa shape index (κ1) is 12.1. The molecular weight excluding hydrogens is 233 g/mol. The maximum atomic E-state index is 12.9. The molecule has 2 rings (SSSR count). The number of hydrogen-bond donors (Lipinski definition) is 1. The molecule has 0 atom stereocenters. The third-order valence-electron chi connectivity index (χ3n) is 2.36. The minimum atomic E-state index is -0.439. The van der Waals surface area contributed by atoms with Crippen LogP contribution in [0.25, 0.3) is 0 Å². The Morgan fingerprint density at radius 3 is 2.56 bits per heavy atom. The molecule has 2 N–H and O–H groups in total. The standard InChI is InChI=1S/C14H12FNO2/c15-11-2-1-3-13(9-11)18-14(17)8-10-4-6-12(16)7-5-10/h1-7,9H,8,16H2. The zero-order valence-electron chi connectivity index (χ0n) is 9.60. The molecule has 0 aliphatic carbocycles. The molecule has 2 aromatic rings. The topological polar surface area (TPSA) is 52.3 Å². The second-order valence-corrected chi connectivity index (χ2v) is 3.85. The zero-order valence-corrected chi connectivity index (χ0v) is 9.60. The van der Waals surface area contributed by atoms with Gasteiger partial charge in [0.2, 0.25) is 0 Å². The Hall–Kier alpha value is -2.36. The normalized spacial score (nSPS) is 10.1. The number of carbonyl (C=O) groups is 1. The number of esters is 1. The van der Waals surface area contributed by atoms with Gasteiger partial charge in [0.15, 0.2) is 0 Å². The molecule has 0 fully saturated rings. The van der Waals surface area contributed by atoms with Gasteiger partial charge in [-0.2, -0.15) is 0 Å². The van der Waals surface area contributed by atoms with Crippen LogP contribution in [0.1, 0.15) is 5.56 Å². The number of carbonyl (C=O) groups excluding carboxylic acids is 1. The van der Waals surface area contributed by atoms with Crippen LogP contribution in [-0.4, -0.2) is 5.97 Å². The second kappa shape index (κ2) is 5.31. The highest BCUT2D eigenvalue weighted by molar-refractivity contribution is 5.75. The van der Waals surface area contributed by atoms with Crippen molar-refractivity contribution in [1.29, 1.82) is 0 Å². The first-order chi connectivity index (χ1) is 8.63. The van der Waals surface area contributed by atoms with E-state index in [0.29, 0.717) is 5.69 Å². The number of hydrogen-bond acceptors (Lipinski definition) is 3. The third-order valence-corrected chi connectivity index (χ3v) is 2.36. The van der Waals surface area contributed by atoms with Crippen LogP contribution in [-0.2, 0) is 11.2 Å². The Labute approximate surface area is 104 Å². The largest absolute Gasteiger partial charge is 0.426 e. The lowest BCUT2D eigenvalue weighted by atomic mass is 10.1. The molecular formula is C14H12FNO2. The summed E-state index contributed by atoms with van der Waals surface area (Å²) in [6.45, 7) is 0. The molecule has 0 radical (unpaired) electrons. The van der Waals surface area contributed by atoms with Crippen LogP contribution in [0.4, 0.5) is 10.1 Å². The van der Waals surface area contributed by atoms with E-state index in [0.717, 1.165) is 5.56 Å². The van der Waals surface area contributed by atoms with E-state index in [1.807, 2.05) is 0 Å². The van der Waals surface area contributed by atoms with Crippen molar-refractivity contribution < 1.29 is 13.9 Å². The molecule has 4 heteroatoms. The molecule has 0 spiro atoms. The first-order valence-corrected chi connectivity index (χ1v) is 5.44. The lowest BCUT2D eigenvalue weighted by molar-refractivity contribution is -0.133. The van der Waals surface area contributed by atoms with Gasteiger partial charge in [-0.25, -0.2) is 4.39 Å². The van der Waals surface area contributed by atoms with Crippen LogP contribution in [0.15, 0.2) is 48.5 Å². The predicted molar refractivity (Wildman–Crippen MR) is 66.6 cm³/mol. The number of ether oxygens (including phenoxy) is 1. The summed E-state index contributed by atoms with van der Waals surface area (Å²) in [6, 6.07) is 12.4. The monoisotopic (exact) mass is 245 g/mol. The van der Waals surface area contributed by atoms with Gasteiger partial charge in [-0.15, -0.1) is 0 Å². The highest BCUT2D eigenvalue weighted by Crippen LogP contribution is 2.13. The maximum Gasteiger partial charge on any atom is 0.315 e. The van der Waals surface area contributed by atoms with Crippen LogP contribution in [0.2, 0.25) is 0 Å². The van der Waals surface area contributed by atoms with E-state index in [2.05, 4.69) is 0 Å². The van der Waals surface area contributed by atoms with Crippen molar-refractivity contribution in [2.45, 2.75) is 6.42 Å². The molecule has 2 aromatic carbocycles. The SMILES string of the molecule is Nc1ccc(CC(=O)Oc2cccc(F)c2)cc1. The summed E-state index contributed by atoms with van der Waals surface area (Å²) in [6.07, 6.45) is 0.122. The van der Waals surface area contributed by atoms with Gasteiger partial charge in [0.05, 0.1) is 6.42 Å². The molecule has 0 aliphatic heterocycles. The average molecular weight is 245 g/mol. The lowest BCUT2D eigenvalue weighted by Crippen LogP contribution is -2.11. The number of benzene rings is 2. The van der Waals surface area contributed by atoms with E-state index >= 15 is 0 Å². The van der Waals surface area contributed by atoms with Crippen molar-refractivity contribution in [3.05, 3.63) is 59.9 Å². The number of nitrogens with two attached hydrogens (primary N) is 1. The Morgan fingerprint density at radius 2 is 1.89 bits per heavy atom. The summed E-state index contributed by atoms with van der Waals surface area (Å²) in [5.41, 5.74) is 6.97. The molecule has 18 heavy (non-hydrogen) atoms. The minimum absolute atomic E-state index is 0.122. The lowest BCUT2D eigenvalue weighted by Gasteiger charge is -2.04. The molecule has 0 saturated carbocycles. The van der Waals surface area contributed by atoms with Gasteiger partial charge in [-0.3, -0.25) is 4.79 Å². The fraction of sp³-hybridized carbons (Fsp3) is 0.0714. The molecule has 0 heterocycles. The van der Waals surface area contributed by atoms with Crippen molar-refractivity contribution in [2.75, 3.05) is 5.73 Å². The smallest absolute Gasteiger partial charge is 0.315 e. The van der Waals surface area contributed by atoms with Gasteiger partial charge in [0, 0.05) is 11.8 Å². The summed E-state index contributed by atoms with van der Waals surface area (Å²) in [7, 11) is 0. The van der Waals surface area contributed by atoms with Crippen molar-refractivity contribution in [3.63, 3.8) is 0 Å². The van der Waals surface area contributed by atoms with Gasteiger partial charge in [-0.1, -0.05) is 18.2 Å². The fourth-order valence-electron chi connectivity index (χ4n) is 1.50.